The quantitative estimate of drug-likeness (QED) is 0.462. The Morgan fingerprint density at radius 3 is 2.46 bits per heavy atom. The summed E-state index contributed by atoms with van der Waals surface area (Å²) in [7, 11) is 0. The molecule has 7 heteroatoms. The Balaban J connectivity index is 1.60. The van der Waals surface area contributed by atoms with Crippen LogP contribution in [0.25, 0.3) is 0 Å². The van der Waals surface area contributed by atoms with Gasteiger partial charge in [-0.1, -0.05) is 6.42 Å². The van der Waals surface area contributed by atoms with Gasteiger partial charge in [-0.3, -0.25) is 10.1 Å². The van der Waals surface area contributed by atoms with Crippen molar-refractivity contribution in [2.45, 2.75) is 38.3 Å². The molecule has 2 aromatic carbocycles. The number of nitrogens with one attached hydrogen (secondary N) is 1. The molecule has 2 aromatic rings. The summed E-state index contributed by atoms with van der Waals surface area (Å²) >= 11 is 0. The molecule has 2 atom stereocenters. The Morgan fingerprint density at radius 2 is 1.85 bits per heavy atom. The first-order valence-electron chi connectivity index (χ1n) is 8.75. The normalized spacial score (nSPS) is 18.1. The van der Waals surface area contributed by atoms with Crippen LogP contribution in [0.5, 0.6) is 17.2 Å². The van der Waals surface area contributed by atoms with E-state index in [-0.39, 0.29) is 17.5 Å². The molecule has 1 aliphatic rings. The van der Waals surface area contributed by atoms with Crippen LogP contribution in [-0.4, -0.2) is 23.6 Å². The van der Waals surface area contributed by atoms with Crippen LogP contribution in [0.15, 0.2) is 42.5 Å². The van der Waals surface area contributed by atoms with Gasteiger partial charge in [0.1, 0.15) is 29.0 Å². The fourth-order valence-corrected chi connectivity index (χ4v) is 3.06. The number of nitrogens with two attached hydrogens (primary N) is 1. The minimum atomic E-state index is -0.520. The summed E-state index contributed by atoms with van der Waals surface area (Å²) in [6.07, 6.45) is 3.68. The predicted molar refractivity (Wildman–Crippen MR) is 99.8 cm³/mol. The van der Waals surface area contributed by atoms with Crippen molar-refractivity contribution >= 4 is 11.4 Å². The second-order valence-corrected chi connectivity index (χ2v) is 6.43. The summed E-state index contributed by atoms with van der Waals surface area (Å²) in [5.74, 6) is 1.83. The molecule has 1 fully saturated rings. The number of hydrogen-bond donors (Lipinski definition) is 2. The molecule has 7 nitrogen and oxygen atoms in total. The number of nitrogen functional groups attached to an aromatic ring is 1. The van der Waals surface area contributed by atoms with Crippen LogP contribution in [-0.2, 0) is 0 Å². The van der Waals surface area contributed by atoms with Crippen LogP contribution < -0.4 is 20.5 Å². The van der Waals surface area contributed by atoms with Gasteiger partial charge in [-0.15, -0.1) is 0 Å². The van der Waals surface area contributed by atoms with E-state index >= 15 is 0 Å². The average molecular weight is 357 g/mol. The zero-order valence-electron chi connectivity index (χ0n) is 14.7. The number of anilines is 1. The van der Waals surface area contributed by atoms with E-state index in [1.165, 1.54) is 31.0 Å². The first kappa shape index (κ1) is 18.0. The molecule has 1 saturated heterocycles. The monoisotopic (exact) mass is 357 g/mol. The van der Waals surface area contributed by atoms with Crippen molar-refractivity contribution in [3.05, 3.63) is 52.6 Å². The highest BCUT2D eigenvalue weighted by Crippen LogP contribution is 2.30. The Hall–Kier alpha value is -2.80. The summed E-state index contributed by atoms with van der Waals surface area (Å²) in [5.41, 5.74) is 5.62. The molecule has 0 radical (unpaired) electrons. The van der Waals surface area contributed by atoms with E-state index in [2.05, 4.69) is 12.2 Å². The molecule has 138 valence electrons. The summed E-state index contributed by atoms with van der Waals surface area (Å²) in [4.78, 5) is 10.3. The van der Waals surface area contributed by atoms with Crippen LogP contribution in [0, 0.1) is 10.1 Å². The molecule has 2 unspecified atom stereocenters. The molecular weight excluding hydrogens is 334 g/mol. The van der Waals surface area contributed by atoms with Crippen molar-refractivity contribution in [3.8, 4) is 17.2 Å². The lowest BCUT2D eigenvalue weighted by Crippen LogP contribution is -2.44. The third-order valence-corrected chi connectivity index (χ3v) is 4.49. The highest BCUT2D eigenvalue weighted by molar-refractivity contribution is 5.61. The van der Waals surface area contributed by atoms with Crippen molar-refractivity contribution in [1.29, 1.82) is 0 Å². The molecule has 0 aromatic heterocycles. The Bertz CT molecular complexity index is 758. The van der Waals surface area contributed by atoms with Gasteiger partial charge in [0.15, 0.2) is 0 Å². The van der Waals surface area contributed by atoms with E-state index < -0.39 is 4.92 Å². The maximum absolute atomic E-state index is 10.8. The molecule has 0 bridgehead atoms. The van der Waals surface area contributed by atoms with E-state index in [1.54, 1.807) is 12.1 Å². The third-order valence-electron chi connectivity index (χ3n) is 4.49. The molecule has 0 spiro atoms. The molecule has 1 heterocycles. The molecule has 0 aliphatic carbocycles. The van der Waals surface area contributed by atoms with Gasteiger partial charge in [-0.25, -0.2) is 0 Å². The highest BCUT2D eigenvalue weighted by Gasteiger charge is 2.20. The number of hydrogen-bond acceptors (Lipinski definition) is 6. The minimum absolute atomic E-state index is 0.0706. The zero-order chi connectivity index (χ0) is 18.5. The van der Waals surface area contributed by atoms with Gasteiger partial charge in [0, 0.05) is 18.2 Å². The summed E-state index contributed by atoms with van der Waals surface area (Å²) in [6, 6.07) is 12.0. The fraction of sp³-hybridized carbons (Fsp3) is 0.368. The van der Waals surface area contributed by atoms with E-state index in [1.807, 2.05) is 12.1 Å². The number of ether oxygens (including phenoxy) is 2. The van der Waals surface area contributed by atoms with Crippen LogP contribution in [0.2, 0.25) is 0 Å². The lowest BCUT2D eigenvalue weighted by Gasteiger charge is -2.29. The molecule has 0 saturated carbocycles. The van der Waals surface area contributed by atoms with E-state index in [4.69, 9.17) is 15.2 Å². The lowest BCUT2D eigenvalue weighted by molar-refractivity contribution is -0.383. The fourth-order valence-electron chi connectivity index (χ4n) is 3.06. The minimum Gasteiger partial charge on any atom is -0.489 e. The number of rotatable bonds is 6. The molecule has 3 N–H and O–H groups in total. The number of benzene rings is 2. The SMILES string of the molecule is CC(Oc1ccc(Oc2ccc([N+](=O)[O-])c(N)c2)cc1)C1CCCCN1. The Labute approximate surface area is 152 Å². The zero-order valence-corrected chi connectivity index (χ0v) is 14.7. The first-order chi connectivity index (χ1) is 12.5. The summed E-state index contributed by atoms with van der Waals surface area (Å²) in [5, 5.41) is 14.3. The smallest absolute Gasteiger partial charge is 0.292 e. The second kappa shape index (κ2) is 8.05. The van der Waals surface area contributed by atoms with Gasteiger partial charge in [0.25, 0.3) is 5.69 Å². The van der Waals surface area contributed by atoms with Gasteiger partial charge in [0.05, 0.1) is 4.92 Å². The predicted octanol–water partition coefficient (Wildman–Crippen LogP) is 3.88. The van der Waals surface area contributed by atoms with E-state index in [0.29, 0.717) is 17.5 Å². The van der Waals surface area contributed by atoms with Crippen molar-refractivity contribution in [2.24, 2.45) is 0 Å². The van der Waals surface area contributed by atoms with Crippen LogP contribution in [0.4, 0.5) is 11.4 Å². The van der Waals surface area contributed by atoms with Crippen LogP contribution in [0.3, 0.4) is 0 Å². The van der Waals surface area contributed by atoms with Crippen molar-refractivity contribution < 1.29 is 14.4 Å². The third kappa shape index (κ3) is 4.43. The molecular formula is C19H23N3O4. The van der Waals surface area contributed by atoms with Crippen molar-refractivity contribution in [1.82, 2.24) is 5.32 Å². The molecule has 0 amide bonds. The highest BCUT2D eigenvalue weighted by atomic mass is 16.6. The lowest BCUT2D eigenvalue weighted by atomic mass is 10.0. The second-order valence-electron chi connectivity index (χ2n) is 6.43. The van der Waals surface area contributed by atoms with E-state index in [0.717, 1.165) is 18.7 Å². The average Bonchev–Trinajstić information content (AvgIpc) is 2.64. The topological polar surface area (TPSA) is 99.6 Å². The van der Waals surface area contributed by atoms with Gasteiger partial charge in [-0.05, 0) is 56.6 Å². The van der Waals surface area contributed by atoms with Crippen LogP contribution >= 0.6 is 0 Å². The Morgan fingerprint density at radius 1 is 1.15 bits per heavy atom. The van der Waals surface area contributed by atoms with Gasteiger partial charge >= 0.3 is 0 Å². The molecule has 1 aliphatic heterocycles. The van der Waals surface area contributed by atoms with Crippen molar-refractivity contribution in [3.63, 3.8) is 0 Å². The largest absolute Gasteiger partial charge is 0.489 e. The maximum Gasteiger partial charge on any atom is 0.292 e. The van der Waals surface area contributed by atoms with Crippen LogP contribution in [0.1, 0.15) is 26.2 Å². The Kier molecular flexibility index (Phi) is 5.58. The number of nitro groups is 1. The number of nitrogens with zero attached hydrogens (tertiary/aromatic N) is 1. The maximum atomic E-state index is 10.8. The molecule has 26 heavy (non-hydrogen) atoms. The standard InChI is InChI=1S/C19H23N3O4/c1-13(18-4-2-3-11-21-18)25-14-5-7-15(8-6-14)26-16-9-10-19(22(23)24)17(20)12-16/h5-10,12-13,18,21H,2-4,11,20H2,1H3. The van der Waals surface area contributed by atoms with E-state index in [9.17, 15) is 10.1 Å². The molecule has 3 rings (SSSR count). The number of piperidine rings is 1. The first-order valence-corrected chi connectivity index (χ1v) is 8.75. The van der Waals surface area contributed by atoms with Crippen molar-refractivity contribution in [2.75, 3.05) is 12.3 Å². The summed E-state index contributed by atoms with van der Waals surface area (Å²) in [6.45, 7) is 3.12. The number of nitro benzene ring substituents is 1. The summed E-state index contributed by atoms with van der Waals surface area (Å²) < 4.78 is 11.7. The van der Waals surface area contributed by atoms with Gasteiger partial charge in [-0.2, -0.15) is 0 Å². The van der Waals surface area contributed by atoms with Gasteiger partial charge in [0.2, 0.25) is 0 Å². The van der Waals surface area contributed by atoms with Gasteiger partial charge < -0.3 is 20.5 Å².